The van der Waals surface area contributed by atoms with Gasteiger partial charge in [0.25, 0.3) is 0 Å². The maximum Gasteiger partial charge on any atom is 0.165 e. The van der Waals surface area contributed by atoms with Crippen LogP contribution in [0.4, 0.5) is 0 Å². The van der Waals surface area contributed by atoms with E-state index in [2.05, 4.69) is 54.2 Å². The molecule has 3 aliphatic heterocycles. The van der Waals surface area contributed by atoms with Gasteiger partial charge in [-0.05, 0) is 107 Å². The molecule has 3 heterocycles. The van der Waals surface area contributed by atoms with Gasteiger partial charge in [0.2, 0.25) is 0 Å². The number of aliphatic hydroxyl groups excluding tert-OH is 1. The molecule has 6 nitrogen and oxygen atoms in total. The van der Waals surface area contributed by atoms with Crippen LogP contribution in [-0.2, 0) is 23.7 Å². The second kappa shape index (κ2) is 9.73. The van der Waals surface area contributed by atoms with Crippen LogP contribution in [0.5, 0.6) is 17.2 Å². The Hall–Kier alpha value is -2.54. The first-order valence-electron chi connectivity index (χ1n) is 16.2. The lowest BCUT2D eigenvalue weighted by Crippen LogP contribution is -2.64. The molecule has 6 heteroatoms. The monoisotopic (exact) mass is 570 g/mol. The zero-order valence-electron chi connectivity index (χ0n) is 25.6. The number of nitrogens with zero attached hydrogens (tertiary/aromatic N) is 2. The maximum absolute atomic E-state index is 10.6. The Morgan fingerprint density at radius 2 is 1.67 bits per heavy atom. The summed E-state index contributed by atoms with van der Waals surface area (Å²) in [6.07, 6.45) is 13.8. The van der Waals surface area contributed by atoms with Gasteiger partial charge in [-0.3, -0.25) is 0 Å². The van der Waals surface area contributed by atoms with Crippen molar-refractivity contribution in [1.82, 2.24) is 9.80 Å². The van der Waals surface area contributed by atoms with Gasteiger partial charge in [-0.2, -0.15) is 0 Å². The summed E-state index contributed by atoms with van der Waals surface area (Å²) in [5, 5.41) is 10.6. The molecule has 1 spiro atoms. The third-order valence-corrected chi connectivity index (χ3v) is 12.7. The Bertz CT molecular complexity index is 1420. The molecular formula is C36H46N2O4. The third-order valence-electron chi connectivity index (χ3n) is 12.7. The number of fused-ring (bicyclic) bond motifs is 1. The quantitative estimate of drug-likeness (QED) is 0.520. The Morgan fingerprint density at radius 1 is 0.881 bits per heavy atom. The van der Waals surface area contributed by atoms with Crippen molar-refractivity contribution in [2.75, 3.05) is 41.4 Å². The number of rotatable bonds is 2. The van der Waals surface area contributed by atoms with Gasteiger partial charge in [-0.15, -0.1) is 0 Å². The minimum atomic E-state index is -0.539. The van der Waals surface area contributed by atoms with Crippen molar-refractivity contribution in [2.24, 2.45) is 11.8 Å². The minimum Gasteiger partial charge on any atom is -0.497 e. The Morgan fingerprint density at radius 3 is 2.50 bits per heavy atom. The first kappa shape index (κ1) is 27.0. The molecular weight excluding hydrogens is 524 g/mol. The number of benzene rings is 2. The zero-order chi connectivity index (χ0) is 28.8. The van der Waals surface area contributed by atoms with Gasteiger partial charge in [0, 0.05) is 34.4 Å². The molecule has 224 valence electrons. The molecule has 7 aliphatic rings. The van der Waals surface area contributed by atoms with Crippen LogP contribution in [0, 0.1) is 11.8 Å². The summed E-state index contributed by atoms with van der Waals surface area (Å²) in [6.45, 7) is 2.31. The second-order valence-electron chi connectivity index (χ2n) is 14.1. The third kappa shape index (κ3) is 3.55. The molecule has 0 amide bonds. The van der Waals surface area contributed by atoms with Crippen molar-refractivity contribution in [1.29, 1.82) is 0 Å². The molecule has 42 heavy (non-hydrogen) atoms. The van der Waals surface area contributed by atoms with Crippen LogP contribution in [0.2, 0.25) is 0 Å². The molecule has 4 aliphatic carbocycles. The fourth-order valence-electron chi connectivity index (χ4n) is 10.7. The van der Waals surface area contributed by atoms with Gasteiger partial charge in [-0.1, -0.05) is 37.1 Å². The highest BCUT2D eigenvalue weighted by Crippen LogP contribution is 2.62. The number of piperidine rings is 2. The summed E-state index contributed by atoms with van der Waals surface area (Å²) >= 11 is 0. The van der Waals surface area contributed by atoms with Crippen molar-refractivity contribution < 1.29 is 19.3 Å². The van der Waals surface area contributed by atoms with Crippen LogP contribution in [0.25, 0.3) is 0 Å². The van der Waals surface area contributed by atoms with Crippen molar-refractivity contribution >= 4 is 0 Å². The number of methoxy groups -OCH3 is 2. The SMILES string of the molecule is COc1ccc2c(c1)[C@@]13CCCC[C@@H]1[C@@H](C2)N(C)CC3.COc1ccc2c3c1O[C@H]1[C@@H](O)C=C[C@H]4[C@@H](C2)N(C)CC[C@@]341. The van der Waals surface area contributed by atoms with Crippen LogP contribution >= 0.6 is 0 Å². The van der Waals surface area contributed by atoms with Gasteiger partial charge >= 0.3 is 0 Å². The first-order valence-corrected chi connectivity index (χ1v) is 16.2. The normalized spacial score (nSPS) is 38.7. The van der Waals surface area contributed by atoms with Gasteiger partial charge in [0.05, 0.1) is 14.2 Å². The van der Waals surface area contributed by atoms with Crippen LogP contribution in [0.1, 0.15) is 60.8 Å². The summed E-state index contributed by atoms with van der Waals surface area (Å²) in [7, 11) is 8.03. The van der Waals surface area contributed by atoms with E-state index >= 15 is 0 Å². The average Bonchev–Trinajstić information content (AvgIpc) is 3.38. The van der Waals surface area contributed by atoms with Crippen molar-refractivity contribution in [3.8, 4) is 17.2 Å². The standard InChI is InChI=1S/C18H21NO3.C18H25NO/c1-19-8-7-18-11-4-5-13(20)17(18)22-16-14(21-2)6-3-10(15(16)18)9-12(11)19;1-19-10-9-18-8-4-3-5-15(18)17(19)11-13-6-7-14(20-2)12-16(13)18/h3-6,11-13,17,20H,7-9H2,1-2H3;6-7,12,15,17H,3-5,8-11H2,1-2H3/t11-,12+,13-,17-,18-;15-,17-,18-/m01/s1. The van der Waals surface area contributed by atoms with Crippen LogP contribution in [0.3, 0.4) is 0 Å². The number of ether oxygens (including phenoxy) is 3. The van der Waals surface area contributed by atoms with Gasteiger partial charge in [-0.25, -0.2) is 0 Å². The summed E-state index contributed by atoms with van der Waals surface area (Å²) in [5.74, 6) is 4.00. The molecule has 4 bridgehead atoms. The molecule has 0 unspecified atom stereocenters. The highest BCUT2D eigenvalue weighted by molar-refractivity contribution is 5.62. The molecule has 0 radical (unpaired) electrons. The van der Waals surface area contributed by atoms with Crippen molar-refractivity contribution in [3.05, 3.63) is 64.7 Å². The average molecular weight is 571 g/mol. The molecule has 0 aromatic heterocycles. The largest absolute Gasteiger partial charge is 0.497 e. The Kier molecular flexibility index (Phi) is 6.27. The second-order valence-corrected chi connectivity index (χ2v) is 14.1. The highest BCUT2D eigenvalue weighted by atomic mass is 16.5. The van der Waals surface area contributed by atoms with E-state index in [1.807, 2.05) is 12.1 Å². The first-order chi connectivity index (χ1) is 20.4. The number of likely N-dealkylation sites (tertiary alicyclic amines) is 2. The van der Waals surface area contributed by atoms with E-state index in [4.69, 9.17) is 14.2 Å². The molecule has 1 saturated carbocycles. The number of likely N-dealkylation sites (N-methyl/N-ethyl adjacent to an activating group) is 2. The lowest BCUT2D eigenvalue weighted by Gasteiger charge is -2.58. The van der Waals surface area contributed by atoms with Crippen LogP contribution in [0.15, 0.2) is 42.5 Å². The molecule has 2 saturated heterocycles. The van der Waals surface area contributed by atoms with E-state index in [0.29, 0.717) is 17.4 Å². The van der Waals surface area contributed by atoms with Crippen LogP contribution in [-0.4, -0.2) is 80.6 Å². The van der Waals surface area contributed by atoms with E-state index in [9.17, 15) is 5.11 Å². The maximum atomic E-state index is 10.6. The molecule has 9 rings (SSSR count). The molecule has 8 atom stereocenters. The summed E-state index contributed by atoms with van der Waals surface area (Å²) in [5.41, 5.74) is 6.27. The molecule has 2 aromatic carbocycles. The zero-order valence-corrected chi connectivity index (χ0v) is 25.6. The van der Waals surface area contributed by atoms with Gasteiger partial charge in [0.15, 0.2) is 11.5 Å². The molecule has 2 aromatic rings. The fourth-order valence-corrected chi connectivity index (χ4v) is 10.7. The number of hydrogen-bond acceptors (Lipinski definition) is 6. The lowest BCUT2D eigenvalue weighted by atomic mass is 9.52. The summed E-state index contributed by atoms with van der Waals surface area (Å²) < 4.78 is 17.3. The smallest absolute Gasteiger partial charge is 0.165 e. The van der Waals surface area contributed by atoms with Crippen molar-refractivity contribution in [2.45, 2.75) is 86.5 Å². The van der Waals surface area contributed by atoms with Gasteiger partial charge < -0.3 is 29.1 Å². The summed E-state index contributed by atoms with van der Waals surface area (Å²) in [6, 6.07) is 12.3. The predicted octanol–water partition coefficient (Wildman–Crippen LogP) is 4.88. The van der Waals surface area contributed by atoms with E-state index in [1.54, 1.807) is 25.3 Å². The highest BCUT2D eigenvalue weighted by Gasteiger charge is 2.64. The van der Waals surface area contributed by atoms with Gasteiger partial charge in [0.1, 0.15) is 18.0 Å². The predicted molar refractivity (Wildman–Crippen MR) is 164 cm³/mol. The van der Waals surface area contributed by atoms with E-state index in [-0.39, 0.29) is 11.5 Å². The number of hydrogen-bond donors (Lipinski definition) is 1. The minimum absolute atomic E-state index is 0.0806. The Labute approximate surface area is 250 Å². The van der Waals surface area contributed by atoms with Crippen LogP contribution < -0.4 is 14.2 Å². The Balaban J connectivity index is 0.000000128. The summed E-state index contributed by atoms with van der Waals surface area (Å²) in [4.78, 5) is 5.10. The molecule has 3 fully saturated rings. The number of aliphatic hydroxyl groups is 1. The van der Waals surface area contributed by atoms with E-state index < -0.39 is 6.10 Å². The molecule has 1 N–H and O–H groups in total. The topological polar surface area (TPSA) is 54.4 Å². The van der Waals surface area contributed by atoms with Crippen molar-refractivity contribution in [3.63, 3.8) is 0 Å². The lowest BCUT2D eigenvalue weighted by molar-refractivity contribution is -0.0453. The fraction of sp³-hybridized carbons (Fsp3) is 0.611. The van der Waals surface area contributed by atoms with E-state index in [0.717, 1.165) is 48.6 Å². The van der Waals surface area contributed by atoms with E-state index in [1.165, 1.54) is 56.2 Å².